The van der Waals surface area contributed by atoms with Crippen molar-refractivity contribution in [2.45, 2.75) is 32.6 Å². The van der Waals surface area contributed by atoms with E-state index in [1.54, 1.807) is 0 Å². The van der Waals surface area contributed by atoms with Gasteiger partial charge >= 0.3 is 0 Å². The molecule has 0 aromatic carbocycles. The van der Waals surface area contributed by atoms with E-state index in [1.165, 1.54) is 29.5 Å². The Hall–Kier alpha value is -0.450. The molecule has 1 N–H and O–H groups in total. The van der Waals surface area contributed by atoms with Crippen LogP contribution in [0, 0.1) is 0 Å². The third-order valence-electron chi connectivity index (χ3n) is 3.08. The monoisotopic (exact) mass is 253 g/mol. The number of aromatic nitrogens is 1. The second-order valence-corrected chi connectivity index (χ2v) is 6.84. The quantitative estimate of drug-likeness (QED) is 0.891. The van der Waals surface area contributed by atoms with Crippen LogP contribution in [-0.4, -0.2) is 42.6 Å². The Labute approximate surface area is 108 Å². The van der Waals surface area contributed by atoms with Crippen molar-refractivity contribution in [1.29, 1.82) is 0 Å². The Morgan fingerprint density at radius 3 is 2.65 bits per heavy atom. The van der Waals surface area contributed by atoms with Gasteiger partial charge in [0.25, 0.3) is 0 Å². The van der Waals surface area contributed by atoms with Crippen LogP contribution < -0.4 is 5.32 Å². The SMILES string of the molecule is CC(C)(C)c1ncc(CCN2CCNCC2)s1. The first-order valence-electron chi connectivity index (χ1n) is 6.44. The van der Waals surface area contributed by atoms with Gasteiger partial charge in [0.15, 0.2) is 0 Å². The molecule has 1 fully saturated rings. The summed E-state index contributed by atoms with van der Waals surface area (Å²) >= 11 is 1.87. The molecule has 1 aliphatic rings. The first-order chi connectivity index (χ1) is 8.05. The van der Waals surface area contributed by atoms with Gasteiger partial charge in [0, 0.05) is 49.2 Å². The molecule has 1 aromatic heterocycles. The number of nitrogens with zero attached hydrogens (tertiary/aromatic N) is 2. The molecule has 0 atom stereocenters. The van der Waals surface area contributed by atoms with Crippen molar-refractivity contribution >= 4 is 11.3 Å². The van der Waals surface area contributed by atoms with Crippen LogP contribution in [0.3, 0.4) is 0 Å². The summed E-state index contributed by atoms with van der Waals surface area (Å²) in [6, 6.07) is 0. The van der Waals surface area contributed by atoms with Gasteiger partial charge in [0.05, 0.1) is 5.01 Å². The van der Waals surface area contributed by atoms with Crippen LogP contribution in [0.25, 0.3) is 0 Å². The lowest BCUT2D eigenvalue weighted by atomic mass is 9.98. The predicted octanol–water partition coefficient (Wildman–Crippen LogP) is 1.89. The number of rotatable bonds is 3. The molecule has 1 aliphatic heterocycles. The Morgan fingerprint density at radius 1 is 1.35 bits per heavy atom. The summed E-state index contributed by atoms with van der Waals surface area (Å²) in [4.78, 5) is 8.50. The van der Waals surface area contributed by atoms with E-state index in [2.05, 4.69) is 42.2 Å². The number of nitrogens with one attached hydrogen (secondary N) is 1. The molecule has 2 heterocycles. The molecule has 0 aliphatic carbocycles. The zero-order valence-electron chi connectivity index (χ0n) is 11.1. The zero-order chi connectivity index (χ0) is 12.3. The fraction of sp³-hybridized carbons (Fsp3) is 0.769. The van der Waals surface area contributed by atoms with Crippen molar-refractivity contribution in [2.75, 3.05) is 32.7 Å². The van der Waals surface area contributed by atoms with Gasteiger partial charge in [-0.15, -0.1) is 11.3 Å². The fourth-order valence-corrected chi connectivity index (χ4v) is 2.93. The standard InChI is InChI=1S/C13H23N3S/c1-13(2,3)12-15-10-11(17-12)4-7-16-8-5-14-6-9-16/h10,14H,4-9H2,1-3H3. The highest BCUT2D eigenvalue weighted by Crippen LogP contribution is 2.26. The van der Waals surface area contributed by atoms with Gasteiger partial charge in [-0.2, -0.15) is 0 Å². The predicted molar refractivity (Wildman–Crippen MR) is 73.8 cm³/mol. The van der Waals surface area contributed by atoms with Gasteiger partial charge in [-0.05, 0) is 6.42 Å². The molecule has 2 rings (SSSR count). The molecule has 1 saturated heterocycles. The lowest BCUT2D eigenvalue weighted by molar-refractivity contribution is 0.244. The van der Waals surface area contributed by atoms with E-state index in [-0.39, 0.29) is 5.41 Å². The van der Waals surface area contributed by atoms with Crippen LogP contribution in [0.2, 0.25) is 0 Å². The second-order valence-electron chi connectivity index (χ2n) is 5.72. The highest BCUT2D eigenvalue weighted by Gasteiger charge is 2.18. The third kappa shape index (κ3) is 3.76. The summed E-state index contributed by atoms with van der Waals surface area (Å²) in [7, 11) is 0. The molecule has 17 heavy (non-hydrogen) atoms. The van der Waals surface area contributed by atoms with E-state index >= 15 is 0 Å². The van der Waals surface area contributed by atoms with Crippen molar-refractivity contribution in [1.82, 2.24) is 15.2 Å². The second kappa shape index (κ2) is 5.46. The van der Waals surface area contributed by atoms with E-state index in [4.69, 9.17) is 0 Å². The van der Waals surface area contributed by atoms with Crippen LogP contribution in [0.5, 0.6) is 0 Å². The largest absolute Gasteiger partial charge is 0.314 e. The van der Waals surface area contributed by atoms with Crippen LogP contribution in [0.1, 0.15) is 30.7 Å². The van der Waals surface area contributed by atoms with Gasteiger partial charge < -0.3 is 10.2 Å². The Bertz CT molecular complexity index is 348. The normalized spacial score (nSPS) is 18.5. The number of hydrogen-bond acceptors (Lipinski definition) is 4. The molecule has 0 bridgehead atoms. The topological polar surface area (TPSA) is 28.2 Å². The summed E-state index contributed by atoms with van der Waals surface area (Å²) in [5, 5.41) is 4.64. The number of thiazole rings is 1. The van der Waals surface area contributed by atoms with E-state index in [0.717, 1.165) is 19.5 Å². The minimum Gasteiger partial charge on any atom is -0.314 e. The summed E-state index contributed by atoms with van der Waals surface area (Å²) in [6.07, 6.45) is 3.21. The third-order valence-corrected chi connectivity index (χ3v) is 4.56. The van der Waals surface area contributed by atoms with Gasteiger partial charge in [-0.25, -0.2) is 4.98 Å². The maximum Gasteiger partial charge on any atom is 0.0981 e. The number of hydrogen-bond donors (Lipinski definition) is 1. The van der Waals surface area contributed by atoms with E-state index < -0.39 is 0 Å². The highest BCUT2D eigenvalue weighted by molar-refractivity contribution is 7.11. The average Bonchev–Trinajstić information content (AvgIpc) is 2.76. The van der Waals surface area contributed by atoms with E-state index in [0.29, 0.717) is 0 Å². The van der Waals surface area contributed by atoms with Crippen LogP contribution in [-0.2, 0) is 11.8 Å². The lowest BCUT2D eigenvalue weighted by Gasteiger charge is -2.26. The van der Waals surface area contributed by atoms with Gasteiger partial charge in [0.2, 0.25) is 0 Å². The Kier molecular flexibility index (Phi) is 4.17. The summed E-state index contributed by atoms with van der Waals surface area (Å²) in [6.45, 7) is 12.5. The molecule has 96 valence electrons. The molecule has 3 nitrogen and oxygen atoms in total. The van der Waals surface area contributed by atoms with E-state index in [1.807, 2.05) is 11.3 Å². The maximum atomic E-state index is 4.54. The first-order valence-corrected chi connectivity index (χ1v) is 7.25. The minimum atomic E-state index is 0.192. The van der Waals surface area contributed by atoms with Crippen molar-refractivity contribution in [3.05, 3.63) is 16.1 Å². The molecule has 0 radical (unpaired) electrons. The smallest absolute Gasteiger partial charge is 0.0981 e. The van der Waals surface area contributed by atoms with Crippen molar-refractivity contribution in [3.8, 4) is 0 Å². The fourth-order valence-electron chi connectivity index (χ4n) is 1.97. The Morgan fingerprint density at radius 2 is 2.06 bits per heavy atom. The molecule has 0 amide bonds. The van der Waals surface area contributed by atoms with Crippen molar-refractivity contribution in [2.24, 2.45) is 0 Å². The summed E-state index contributed by atoms with van der Waals surface area (Å²) in [5.74, 6) is 0. The minimum absolute atomic E-state index is 0.192. The zero-order valence-corrected chi connectivity index (χ0v) is 11.9. The van der Waals surface area contributed by atoms with Crippen LogP contribution in [0.4, 0.5) is 0 Å². The molecule has 4 heteroatoms. The van der Waals surface area contributed by atoms with E-state index in [9.17, 15) is 0 Å². The molecular formula is C13H23N3S. The van der Waals surface area contributed by atoms with Gasteiger partial charge in [-0.1, -0.05) is 20.8 Å². The van der Waals surface area contributed by atoms with Crippen molar-refractivity contribution in [3.63, 3.8) is 0 Å². The van der Waals surface area contributed by atoms with Crippen molar-refractivity contribution < 1.29 is 0 Å². The number of piperazine rings is 1. The summed E-state index contributed by atoms with van der Waals surface area (Å²) in [5.41, 5.74) is 0.192. The molecular weight excluding hydrogens is 230 g/mol. The molecule has 1 aromatic rings. The molecule has 0 saturated carbocycles. The maximum absolute atomic E-state index is 4.54. The lowest BCUT2D eigenvalue weighted by Crippen LogP contribution is -2.44. The highest BCUT2D eigenvalue weighted by atomic mass is 32.1. The Balaban J connectivity index is 1.84. The molecule has 0 unspecified atom stereocenters. The van der Waals surface area contributed by atoms with Gasteiger partial charge in [0.1, 0.15) is 0 Å². The summed E-state index contributed by atoms with van der Waals surface area (Å²) < 4.78 is 0. The first kappa shape index (κ1) is 13.0. The van der Waals surface area contributed by atoms with Crippen LogP contribution in [0.15, 0.2) is 6.20 Å². The van der Waals surface area contributed by atoms with Crippen LogP contribution >= 0.6 is 11.3 Å². The van der Waals surface area contributed by atoms with Gasteiger partial charge in [-0.3, -0.25) is 0 Å². The molecule has 0 spiro atoms. The average molecular weight is 253 g/mol.